The van der Waals surface area contributed by atoms with Gasteiger partial charge < -0.3 is 10.4 Å². The molecule has 7 heteroatoms. The maximum absolute atomic E-state index is 13.2. The van der Waals surface area contributed by atoms with Gasteiger partial charge >= 0.3 is 0 Å². The number of anilines is 1. The van der Waals surface area contributed by atoms with E-state index in [2.05, 4.69) is 26.7 Å². The Balaban J connectivity index is 1.73. The molecule has 1 aliphatic heterocycles. The molecule has 0 saturated carbocycles. The number of hydrazine groups is 1. The lowest BCUT2D eigenvalue weighted by atomic mass is 10.0. The number of fused-ring (bicyclic) bond motifs is 1. The van der Waals surface area contributed by atoms with Gasteiger partial charge in [-0.25, -0.2) is 5.01 Å². The molecule has 0 radical (unpaired) electrons. The third-order valence-corrected chi connectivity index (χ3v) is 4.94. The van der Waals surface area contributed by atoms with Gasteiger partial charge in [-0.3, -0.25) is 15.0 Å². The Bertz CT molecular complexity index is 1040. The molecule has 1 heterocycles. The van der Waals surface area contributed by atoms with Gasteiger partial charge in [0.2, 0.25) is 0 Å². The Morgan fingerprint density at radius 3 is 2.46 bits per heavy atom. The molecular formula is C21H16BrN3O3. The van der Waals surface area contributed by atoms with Crippen molar-refractivity contribution in [3.63, 3.8) is 0 Å². The lowest BCUT2D eigenvalue weighted by molar-refractivity contribution is 0.0491. The van der Waals surface area contributed by atoms with Crippen molar-refractivity contribution in [3.8, 4) is 5.75 Å². The summed E-state index contributed by atoms with van der Waals surface area (Å²) in [6, 6.07) is 20.5. The first kappa shape index (κ1) is 18.1. The molecule has 0 aromatic heterocycles. The molecule has 0 spiro atoms. The smallest absolute Gasteiger partial charge is 0.276 e. The highest BCUT2D eigenvalue weighted by Crippen LogP contribution is 2.34. The average Bonchev–Trinajstić information content (AvgIpc) is 2.71. The van der Waals surface area contributed by atoms with E-state index in [9.17, 15) is 14.7 Å². The number of hydrogen-bond acceptors (Lipinski definition) is 4. The van der Waals surface area contributed by atoms with Crippen molar-refractivity contribution in [2.75, 3.05) is 5.32 Å². The molecule has 28 heavy (non-hydrogen) atoms. The summed E-state index contributed by atoms with van der Waals surface area (Å²) in [7, 11) is 0. The highest BCUT2D eigenvalue weighted by Gasteiger charge is 2.34. The number of nitrogens with one attached hydrogen (secondary N) is 2. The minimum Gasteiger partial charge on any atom is -0.508 e. The summed E-state index contributed by atoms with van der Waals surface area (Å²) < 4.78 is 0.763. The zero-order valence-corrected chi connectivity index (χ0v) is 16.2. The highest BCUT2D eigenvalue weighted by atomic mass is 79.9. The number of aromatic hydroxyl groups is 1. The fourth-order valence-electron chi connectivity index (χ4n) is 3.05. The molecular weight excluding hydrogens is 422 g/mol. The van der Waals surface area contributed by atoms with Gasteiger partial charge in [0, 0.05) is 15.7 Å². The first-order valence-electron chi connectivity index (χ1n) is 8.57. The van der Waals surface area contributed by atoms with Gasteiger partial charge in [0.15, 0.2) is 0 Å². The van der Waals surface area contributed by atoms with Crippen LogP contribution in [-0.4, -0.2) is 21.9 Å². The number of benzene rings is 3. The predicted molar refractivity (Wildman–Crippen MR) is 109 cm³/mol. The third kappa shape index (κ3) is 3.44. The standard InChI is InChI=1S/C21H16BrN3O3/c22-15-8-11-18-17(12-15)21(28)25(24-20(27)14-4-2-1-3-5-14)19(23-18)13-6-9-16(26)10-7-13/h1-12,19,23,26H,(H,24,27). The summed E-state index contributed by atoms with van der Waals surface area (Å²) >= 11 is 3.38. The molecule has 6 nitrogen and oxygen atoms in total. The van der Waals surface area contributed by atoms with Gasteiger partial charge in [0.25, 0.3) is 11.8 Å². The van der Waals surface area contributed by atoms with E-state index in [1.807, 2.05) is 12.1 Å². The minimum absolute atomic E-state index is 0.120. The molecule has 2 amide bonds. The summed E-state index contributed by atoms with van der Waals surface area (Å²) in [6.45, 7) is 0. The van der Waals surface area contributed by atoms with Crippen molar-refractivity contribution in [2.24, 2.45) is 0 Å². The van der Waals surface area contributed by atoms with Crippen molar-refractivity contribution in [1.82, 2.24) is 10.4 Å². The van der Waals surface area contributed by atoms with E-state index >= 15 is 0 Å². The first-order chi connectivity index (χ1) is 13.5. The summed E-state index contributed by atoms with van der Waals surface area (Å²) in [5.74, 6) is -0.606. The molecule has 4 rings (SSSR count). The van der Waals surface area contributed by atoms with Crippen molar-refractivity contribution in [2.45, 2.75) is 6.17 Å². The SMILES string of the molecule is O=C(NN1C(=O)c2cc(Br)ccc2NC1c1ccc(O)cc1)c1ccccc1. The number of carbonyl (C=O) groups excluding carboxylic acids is 2. The summed E-state index contributed by atoms with van der Waals surface area (Å²) in [4.78, 5) is 25.9. The zero-order chi connectivity index (χ0) is 19.7. The van der Waals surface area contributed by atoms with E-state index in [-0.39, 0.29) is 11.7 Å². The zero-order valence-electron chi connectivity index (χ0n) is 14.6. The Labute approximate surface area is 169 Å². The van der Waals surface area contributed by atoms with Crippen LogP contribution in [0.2, 0.25) is 0 Å². The van der Waals surface area contributed by atoms with E-state index < -0.39 is 12.1 Å². The van der Waals surface area contributed by atoms with E-state index in [4.69, 9.17) is 0 Å². The van der Waals surface area contributed by atoms with E-state index in [1.54, 1.807) is 48.5 Å². The quantitative estimate of drug-likeness (QED) is 0.576. The van der Waals surface area contributed by atoms with Crippen LogP contribution in [0.3, 0.4) is 0 Å². The third-order valence-electron chi connectivity index (χ3n) is 4.45. The number of rotatable bonds is 3. The van der Waals surface area contributed by atoms with Crippen LogP contribution in [0.4, 0.5) is 5.69 Å². The van der Waals surface area contributed by atoms with Crippen LogP contribution < -0.4 is 10.7 Å². The van der Waals surface area contributed by atoms with Crippen LogP contribution in [0.15, 0.2) is 77.3 Å². The molecule has 3 aromatic rings. The van der Waals surface area contributed by atoms with Crippen molar-refractivity contribution in [1.29, 1.82) is 0 Å². The second-order valence-corrected chi connectivity index (χ2v) is 7.23. The number of amides is 2. The number of halogens is 1. The van der Waals surface area contributed by atoms with Crippen LogP contribution in [0.1, 0.15) is 32.4 Å². The van der Waals surface area contributed by atoms with Gasteiger partial charge in [-0.05, 0) is 48.0 Å². The van der Waals surface area contributed by atoms with Crippen molar-refractivity contribution in [3.05, 3.63) is 94.0 Å². The normalized spacial score (nSPS) is 15.5. The van der Waals surface area contributed by atoms with Gasteiger partial charge in [0.05, 0.1) is 5.56 Å². The van der Waals surface area contributed by atoms with Crippen LogP contribution in [0, 0.1) is 0 Å². The molecule has 0 aliphatic carbocycles. The lowest BCUT2D eigenvalue weighted by Crippen LogP contribution is -2.52. The molecule has 0 bridgehead atoms. The van der Waals surface area contributed by atoms with Crippen LogP contribution >= 0.6 is 15.9 Å². The fourth-order valence-corrected chi connectivity index (χ4v) is 3.41. The Morgan fingerprint density at radius 1 is 1.04 bits per heavy atom. The maximum Gasteiger partial charge on any atom is 0.276 e. The Morgan fingerprint density at radius 2 is 1.75 bits per heavy atom. The molecule has 3 aromatic carbocycles. The molecule has 0 saturated heterocycles. The topological polar surface area (TPSA) is 81.7 Å². The largest absolute Gasteiger partial charge is 0.508 e. The molecule has 3 N–H and O–H groups in total. The summed E-state index contributed by atoms with van der Waals surface area (Å²) in [6.07, 6.45) is -0.630. The van der Waals surface area contributed by atoms with Gasteiger partial charge in [-0.15, -0.1) is 0 Å². The minimum atomic E-state index is -0.630. The Hall–Kier alpha value is -3.32. The predicted octanol–water partition coefficient (Wildman–Crippen LogP) is 4.07. The second kappa shape index (κ2) is 7.36. The number of carbonyl (C=O) groups is 2. The summed E-state index contributed by atoms with van der Waals surface area (Å²) in [5, 5.41) is 14.1. The second-order valence-electron chi connectivity index (χ2n) is 6.31. The van der Waals surface area contributed by atoms with Gasteiger partial charge in [-0.2, -0.15) is 0 Å². The van der Waals surface area contributed by atoms with Crippen LogP contribution in [-0.2, 0) is 0 Å². The monoisotopic (exact) mass is 437 g/mol. The number of nitrogens with zero attached hydrogens (tertiary/aromatic N) is 1. The molecule has 1 atom stereocenters. The van der Waals surface area contributed by atoms with E-state index in [1.165, 1.54) is 17.1 Å². The van der Waals surface area contributed by atoms with Crippen molar-refractivity contribution < 1.29 is 14.7 Å². The highest BCUT2D eigenvalue weighted by molar-refractivity contribution is 9.10. The van der Waals surface area contributed by atoms with Crippen LogP contribution in [0.5, 0.6) is 5.75 Å². The Kier molecular flexibility index (Phi) is 4.75. The molecule has 0 fully saturated rings. The first-order valence-corrected chi connectivity index (χ1v) is 9.37. The lowest BCUT2D eigenvalue weighted by Gasteiger charge is -2.37. The van der Waals surface area contributed by atoms with Crippen molar-refractivity contribution >= 4 is 33.4 Å². The number of hydrogen-bond donors (Lipinski definition) is 3. The number of phenolic OH excluding ortho intramolecular Hbond substituents is 1. The van der Waals surface area contributed by atoms with E-state index in [0.29, 0.717) is 22.4 Å². The average molecular weight is 438 g/mol. The maximum atomic E-state index is 13.2. The molecule has 1 unspecified atom stereocenters. The van der Waals surface area contributed by atoms with Crippen LogP contribution in [0.25, 0.3) is 0 Å². The van der Waals surface area contributed by atoms with E-state index in [0.717, 1.165) is 4.47 Å². The molecule has 1 aliphatic rings. The van der Waals surface area contributed by atoms with Gasteiger partial charge in [0.1, 0.15) is 11.9 Å². The number of phenols is 1. The fraction of sp³-hybridized carbons (Fsp3) is 0.0476. The van der Waals surface area contributed by atoms with Gasteiger partial charge in [-0.1, -0.05) is 46.3 Å². The molecule has 140 valence electrons. The summed E-state index contributed by atoms with van der Waals surface area (Å²) in [5.41, 5.74) is 4.98.